The summed E-state index contributed by atoms with van der Waals surface area (Å²) in [5, 5.41) is 6.49. The number of unbranched alkanes of at least 4 members (excludes halogenated alkanes) is 1. The molecule has 19 heavy (non-hydrogen) atoms. The molecule has 0 fully saturated rings. The van der Waals surface area contributed by atoms with Crippen LogP contribution in [0.5, 0.6) is 0 Å². The first-order valence-electron chi connectivity index (χ1n) is 7.33. The zero-order valence-corrected chi connectivity index (χ0v) is 11.9. The van der Waals surface area contributed by atoms with Crippen molar-refractivity contribution in [2.45, 2.75) is 45.6 Å². The summed E-state index contributed by atoms with van der Waals surface area (Å²) in [6, 6.07) is 8.52. The molecular weight excluding hydrogens is 236 g/mol. The Hall–Kier alpha value is -1.51. The molecule has 2 rings (SSSR count). The summed E-state index contributed by atoms with van der Waals surface area (Å²) in [4.78, 5) is 12.2. The maximum Gasteiger partial charge on any atom is 0.225 e. The molecule has 0 saturated carbocycles. The quantitative estimate of drug-likeness (QED) is 0.854. The largest absolute Gasteiger partial charge is 0.384 e. The van der Waals surface area contributed by atoms with Crippen LogP contribution in [0.1, 0.15) is 38.7 Å². The van der Waals surface area contributed by atoms with Gasteiger partial charge in [-0.1, -0.05) is 38.0 Å². The lowest BCUT2D eigenvalue weighted by atomic mass is 9.93. The molecule has 0 radical (unpaired) electrons. The Bertz CT molecular complexity index is 431. The molecule has 1 aromatic carbocycles. The molecular formula is C16H24N2O. The fraction of sp³-hybridized carbons (Fsp3) is 0.562. The number of carbonyl (C=O) groups excluding carboxylic acids is 1. The minimum atomic E-state index is 0.0546. The highest BCUT2D eigenvalue weighted by Gasteiger charge is 2.24. The third-order valence-electron chi connectivity index (χ3n) is 3.77. The predicted octanol–water partition coefficient (Wildman–Crippen LogP) is 2.97. The van der Waals surface area contributed by atoms with Crippen molar-refractivity contribution < 1.29 is 4.79 Å². The highest BCUT2D eigenvalue weighted by atomic mass is 16.1. The Morgan fingerprint density at radius 2 is 2.26 bits per heavy atom. The van der Waals surface area contributed by atoms with E-state index in [0.717, 1.165) is 19.4 Å². The van der Waals surface area contributed by atoms with Crippen molar-refractivity contribution in [2.24, 2.45) is 5.92 Å². The summed E-state index contributed by atoms with van der Waals surface area (Å²) in [7, 11) is 0. The molecule has 0 aliphatic carbocycles. The second kappa shape index (κ2) is 6.60. The summed E-state index contributed by atoms with van der Waals surface area (Å²) in [6.45, 7) is 5.01. The summed E-state index contributed by atoms with van der Waals surface area (Å²) < 4.78 is 0. The topological polar surface area (TPSA) is 41.1 Å². The molecule has 2 unspecified atom stereocenters. The second-order valence-electron chi connectivity index (χ2n) is 5.49. The minimum Gasteiger partial charge on any atom is -0.384 e. The number of rotatable bonds is 5. The zero-order valence-electron chi connectivity index (χ0n) is 11.9. The van der Waals surface area contributed by atoms with Crippen molar-refractivity contribution in [3.05, 3.63) is 29.8 Å². The van der Waals surface area contributed by atoms with Crippen LogP contribution in [0.15, 0.2) is 24.3 Å². The molecule has 1 amide bonds. The molecule has 1 aromatic rings. The van der Waals surface area contributed by atoms with E-state index in [1.165, 1.54) is 24.1 Å². The molecule has 104 valence electrons. The third kappa shape index (κ3) is 3.72. The van der Waals surface area contributed by atoms with Gasteiger partial charge in [0.05, 0.1) is 5.92 Å². The molecule has 0 bridgehead atoms. The number of fused-ring (bicyclic) bond motifs is 1. The van der Waals surface area contributed by atoms with Gasteiger partial charge in [0.1, 0.15) is 0 Å². The summed E-state index contributed by atoms with van der Waals surface area (Å²) in [6.07, 6.45) is 4.26. The lowest BCUT2D eigenvalue weighted by Crippen LogP contribution is -2.42. The smallest absolute Gasteiger partial charge is 0.225 e. The van der Waals surface area contributed by atoms with Gasteiger partial charge in [0.2, 0.25) is 5.91 Å². The molecule has 0 saturated heterocycles. The van der Waals surface area contributed by atoms with E-state index < -0.39 is 0 Å². The Morgan fingerprint density at radius 3 is 3.05 bits per heavy atom. The standard InChI is InChI=1S/C16H24N2O/c1-3-4-7-12(2)18-16(19)14-10-13-8-5-6-9-15(13)17-11-14/h5-6,8-9,12,14,17H,3-4,7,10-11H2,1-2H3,(H,18,19). The Kier molecular flexibility index (Phi) is 4.83. The van der Waals surface area contributed by atoms with Crippen molar-refractivity contribution in [2.75, 3.05) is 11.9 Å². The van der Waals surface area contributed by atoms with Crippen LogP contribution in [0.4, 0.5) is 5.69 Å². The van der Waals surface area contributed by atoms with E-state index in [1.54, 1.807) is 0 Å². The number of benzene rings is 1. The van der Waals surface area contributed by atoms with Gasteiger partial charge in [-0.05, 0) is 31.4 Å². The number of carbonyl (C=O) groups is 1. The second-order valence-corrected chi connectivity index (χ2v) is 5.49. The van der Waals surface area contributed by atoms with Crippen molar-refractivity contribution in [1.82, 2.24) is 5.32 Å². The number of anilines is 1. The van der Waals surface area contributed by atoms with Gasteiger partial charge in [-0.15, -0.1) is 0 Å². The van der Waals surface area contributed by atoms with Gasteiger partial charge in [0, 0.05) is 18.3 Å². The maximum absolute atomic E-state index is 12.2. The highest BCUT2D eigenvalue weighted by molar-refractivity contribution is 5.81. The predicted molar refractivity (Wildman–Crippen MR) is 79.3 cm³/mol. The summed E-state index contributed by atoms with van der Waals surface area (Å²) in [5.74, 6) is 0.240. The zero-order chi connectivity index (χ0) is 13.7. The lowest BCUT2D eigenvalue weighted by molar-refractivity contribution is -0.125. The molecule has 1 aliphatic rings. The molecule has 1 aliphatic heterocycles. The molecule has 0 spiro atoms. The first-order chi connectivity index (χ1) is 9.20. The van der Waals surface area contributed by atoms with Crippen LogP contribution in [-0.4, -0.2) is 18.5 Å². The summed E-state index contributed by atoms with van der Waals surface area (Å²) >= 11 is 0. The van der Waals surface area contributed by atoms with Crippen LogP contribution in [0.2, 0.25) is 0 Å². The van der Waals surface area contributed by atoms with E-state index >= 15 is 0 Å². The van der Waals surface area contributed by atoms with Gasteiger partial charge in [-0.25, -0.2) is 0 Å². The molecule has 3 heteroatoms. The van der Waals surface area contributed by atoms with Gasteiger partial charge >= 0.3 is 0 Å². The van der Waals surface area contributed by atoms with Crippen molar-refractivity contribution in [1.29, 1.82) is 0 Å². The third-order valence-corrected chi connectivity index (χ3v) is 3.77. The van der Waals surface area contributed by atoms with Gasteiger partial charge in [0.25, 0.3) is 0 Å². The monoisotopic (exact) mass is 260 g/mol. The Morgan fingerprint density at radius 1 is 1.47 bits per heavy atom. The Balaban J connectivity index is 1.88. The molecule has 3 nitrogen and oxygen atoms in total. The molecule has 0 aromatic heterocycles. The van der Waals surface area contributed by atoms with Crippen molar-refractivity contribution >= 4 is 11.6 Å². The molecule has 2 atom stereocenters. The summed E-state index contributed by atoms with van der Waals surface area (Å²) in [5.41, 5.74) is 2.42. The fourth-order valence-corrected chi connectivity index (χ4v) is 2.57. The van der Waals surface area contributed by atoms with Crippen LogP contribution in [0.25, 0.3) is 0 Å². The van der Waals surface area contributed by atoms with Crippen molar-refractivity contribution in [3.8, 4) is 0 Å². The van der Waals surface area contributed by atoms with Gasteiger partial charge in [-0.3, -0.25) is 4.79 Å². The maximum atomic E-state index is 12.2. The van der Waals surface area contributed by atoms with E-state index in [-0.39, 0.29) is 17.9 Å². The normalized spacial score (nSPS) is 19.2. The van der Waals surface area contributed by atoms with Crippen LogP contribution in [-0.2, 0) is 11.2 Å². The number of hydrogen-bond donors (Lipinski definition) is 2. The average Bonchev–Trinajstić information content (AvgIpc) is 2.44. The average molecular weight is 260 g/mol. The van der Waals surface area contributed by atoms with E-state index in [0.29, 0.717) is 0 Å². The molecule has 1 heterocycles. The lowest BCUT2D eigenvalue weighted by Gasteiger charge is -2.26. The van der Waals surface area contributed by atoms with E-state index in [2.05, 4.69) is 36.6 Å². The highest BCUT2D eigenvalue weighted by Crippen LogP contribution is 2.24. The Labute approximate surface area is 115 Å². The van der Waals surface area contributed by atoms with E-state index in [1.807, 2.05) is 12.1 Å². The SMILES string of the molecule is CCCCC(C)NC(=O)C1CNc2ccccc2C1. The van der Waals surface area contributed by atoms with Crippen LogP contribution >= 0.6 is 0 Å². The van der Waals surface area contributed by atoms with Crippen molar-refractivity contribution in [3.63, 3.8) is 0 Å². The number of para-hydroxylation sites is 1. The molecule has 2 N–H and O–H groups in total. The minimum absolute atomic E-state index is 0.0546. The number of amides is 1. The first kappa shape index (κ1) is 13.9. The fourth-order valence-electron chi connectivity index (χ4n) is 2.57. The number of nitrogens with one attached hydrogen (secondary N) is 2. The van der Waals surface area contributed by atoms with E-state index in [4.69, 9.17) is 0 Å². The number of hydrogen-bond acceptors (Lipinski definition) is 2. The van der Waals surface area contributed by atoms with Gasteiger partial charge in [0.15, 0.2) is 0 Å². The van der Waals surface area contributed by atoms with Gasteiger partial charge < -0.3 is 10.6 Å². The van der Waals surface area contributed by atoms with Crippen LogP contribution in [0, 0.1) is 5.92 Å². The van der Waals surface area contributed by atoms with Crippen LogP contribution < -0.4 is 10.6 Å². The van der Waals surface area contributed by atoms with E-state index in [9.17, 15) is 4.79 Å². The van der Waals surface area contributed by atoms with Crippen LogP contribution in [0.3, 0.4) is 0 Å². The first-order valence-corrected chi connectivity index (χ1v) is 7.33. The van der Waals surface area contributed by atoms with Gasteiger partial charge in [-0.2, -0.15) is 0 Å².